The Balaban J connectivity index is 2.20. The van der Waals surface area contributed by atoms with Crippen LogP contribution in [-0.2, 0) is 16.1 Å². The zero-order chi connectivity index (χ0) is 23.0. The number of nitrogens with one attached hydrogen (secondary N) is 1. The lowest BCUT2D eigenvalue weighted by Crippen LogP contribution is -2.50. The lowest BCUT2D eigenvalue weighted by atomic mass is 10.0. The highest BCUT2D eigenvalue weighted by molar-refractivity contribution is 9.10. The maximum atomic E-state index is 13.2. The first-order valence-corrected chi connectivity index (χ1v) is 11.6. The van der Waals surface area contributed by atoms with E-state index in [2.05, 4.69) is 35.1 Å². The van der Waals surface area contributed by atoms with Crippen LogP contribution in [0.1, 0.15) is 56.7 Å². The summed E-state index contributed by atoms with van der Waals surface area (Å²) in [6, 6.07) is 13.3. The van der Waals surface area contributed by atoms with Crippen LogP contribution in [0.4, 0.5) is 0 Å². The Kier molecular flexibility index (Phi) is 9.56. The average Bonchev–Trinajstić information content (AvgIpc) is 2.74. The first kappa shape index (κ1) is 24.9. The number of nitrogens with zero attached hydrogens (tertiary/aromatic N) is 1. The van der Waals surface area contributed by atoms with Crippen molar-refractivity contribution in [2.45, 2.75) is 59.5 Å². The molecule has 31 heavy (non-hydrogen) atoms. The average molecular weight is 489 g/mol. The molecule has 5 nitrogen and oxygen atoms in total. The summed E-state index contributed by atoms with van der Waals surface area (Å²) in [4.78, 5) is 27.4. The number of carbonyl (C=O) groups excluding carboxylic acids is 2. The van der Waals surface area contributed by atoms with Gasteiger partial charge in [0.05, 0.1) is 4.47 Å². The summed E-state index contributed by atoms with van der Waals surface area (Å²) in [7, 11) is 0. The summed E-state index contributed by atoms with van der Waals surface area (Å²) < 4.78 is 6.65. The molecule has 6 heteroatoms. The summed E-state index contributed by atoms with van der Waals surface area (Å²) in [6.07, 6.45) is 0.524. The van der Waals surface area contributed by atoms with Crippen LogP contribution in [0.5, 0.6) is 5.75 Å². The van der Waals surface area contributed by atoms with Gasteiger partial charge in [0.1, 0.15) is 11.8 Å². The van der Waals surface area contributed by atoms with Gasteiger partial charge in [0.2, 0.25) is 5.91 Å². The van der Waals surface area contributed by atoms with E-state index >= 15 is 0 Å². The maximum Gasteiger partial charge on any atom is 0.261 e. The fraction of sp³-hybridized carbons (Fsp3) is 0.440. The van der Waals surface area contributed by atoms with E-state index in [-0.39, 0.29) is 18.4 Å². The molecule has 2 aromatic carbocycles. The van der Waals surface area contributed by atoms with Crippen LogP contribution in [-0.4, -0.2) is 35.9 Å². The number of halogens is 1. The minimum Gasteiger partial charge on any atom is -0.483 e. The Hall–Kier alpha value is -2.34. The summed E-state index contributed by atoms with van der Waals surface area (Å²) in [5.74, 6) is 0.643. The second-order valence-corrected chi connectivity index (χ2v) is 8.81. The molecule has 1 atom stereocenters. The lowest BCUT2D eigenvalue weighted by Gasteiger charge is -2.30. The van der Waals surface area contributed by atoms with E-state index in [0.29, 0.717) is 31.2 Å². The number of likely N-dealkylation sites (N-methyl/N-ethyl adjacent to an activating group) is 1. The number of hydrogen-bond donors (Lipinski definition) is 1. The van der Waals surface area contributed by atoms with Crippen LogP contribution in [0.3, 0.4) is 0 Å². The standard InChI is InChI=1S/C25H33BrN2O3/c1-6-22(25(30)27-7-2)28(15-19-10-8-18(5)9-11-19)24(29)16-31-23-13-12-20(17(3)4)14-21(23)26/h8-14,17,22H,6-7,15-16H2,1-5H3,(H,27,30)/t22-/m1/s1. The highest BCUT2D eigenvalue weighted by Gasteiger charge is 2.28. The summed E-state index contributed by atoms with van der Waals surface area (Å²) in [6.45, 7) is 10.8. The Bertz CT molecular complexity index is 881. The number of rotatable bonds is 10. The molecule has 2 aromatic rings. The van der Waals surface area contributed by atoms with Crippen molar-refractivity contribution < 1.29 is 14.3 Å². The van der Waals surface area contributed by atoms with E-state index < -0.39 is 6.04 Å². The van der Waals surface area contributed by atoms with Crippen molar-refractivity contribution in [3.8, 4) is 5.75 Å². The summed E-state index contributed by atoms with van der Waals surface area (Å²) in [5.41, 5.74) is 3.31. The molecule has 2 amide bonds. The predicted molar refractivity (Wildman–Crippen MR) is 128 cm³/mol. The van der Waals surface area contributed by atoms with Gasteiger partial charge >= 0.3 is 0 Å². The van der Waals surface area contributed by atoms with E-state index in [9.17, 15) is 9.59 Å². The first-order chi connectivity index (χ1) is 14.8. The molecule has 0 aromatic heterocycles. The minimum absolute atomic E-state index is 0.138. The molecular weight excluding hydrogens is 456 g/mol. The molecule has 0 heterocycles. The van der Waals surface area contributed by atoms with Gasteiger partial charge in [-0.15, -0.1) is 0 Å². The zero-order valence-corrected chi connectivity index (χ0v) is 20.7. The minimum atomic E-state index is -0.552. The second-order valence-electron chi connectivity index (χ2n) is 7.96. The smallest absolute Gasteiger partial charge is 0.261 e. The third-order valence-corrected chi connectivity index (χ3v) is 5.80. The molecule has 2 rings (SSSR count). The van der Waals surface area contributed by atoms with Crippen LogP contribution >= 0.6 is 15.9 Å². The largest absolute Gasteiger partial charge is 0.483 e. The normalized spacial score (nSPS) is 11.8. The van der Waals surface area contributed by atoms with Crippen molar-refractivity contribution in [2.75, 3.05) is 13.2 Å². The number of aryl methyl sites for hydroxylation is 1. The van der Waals surface area contributed by atoms with E-state index in [0.717, 1.165) is 15.6 Å². The maximum absolute atomic E-state index is 13.2. The SMILES string of the molecule is CCNC(=O)[C@@H](CC)N(Cc1ccc(C)cc1)C(=O)COc1ccc(C(C)C)cc1Br. The van der Waals surface area contributed by atoms with Crippen LogP contribution in [0.25, 0.3) is 0 Å². The summed E-state index contributed by atoms with van der Waals surface area (Å²) >= 11 is 3.54. The van der Waals surface area contributed by atoms with Gasteiger partial charge in [-0.05, 0) is 65.4 Å². The monoisotopic (exact) mass is 488 g/mol. The molecule has 0 radical (unpaired) electrons. The number of benzene rings is 2. The van der Waals surface area contributed by atoms with Gasteiger partial charge in [0.25, 0.3) is 5.91 Å². The van der Waals surface area contributed by atoms with Gasteiger partial charge in [-0.3, -0.25) is 9.59 Å². The van der Waals surface area contributed by atoms with Gasteiger partial charge in [-0.1, -0.05) is 56.7 Å². The van der Waals surface area contributed by atoms with Crippen molar-refractivity contribution in [1.29, 1.82) is 0 Å². The molecule has 0 saturated carbocycles. The van der Waals surface area contributed by atoms with Crippen molar-refractivity contribution in [3.63, 3.8) is 0 Å². The van der Waals surface area contributed by atoms with Gasteiger partial charge in [0, 0.05) is 13.1 Å². The summed E-state index contributed by atoms with van der Waals surface area (Å²) in [5, 5.41) is 2.85. The van der Waals surface area contributed by atoms with E-state index in [4.69, 9.17) is 4.74 Å². The molecule has 1 N–H and O–H groups in total. The topological polar surface area (TPSA) is 58.6 Å². The fourth-order valence-corrected chi connectivity index (χ4v) is 3.83. The van der Waals surface area contributed by atoms with Crippen LogP contribution < -0.4 is 10.1 Å². The lowest BCUT2D eigenvalue weighted by molar-refractivity contribution is -0.142. The van der Waals surface area contributed by atoms with Gasteiger partial charge in [0.15, 0.2) is 6.61 Å². The third kappa shape index (κ3) is 7.10. The Morgan fingerprint density at radius 2 is 1.77 bits per heavy atom. The van der Waals surface area contributed by atoms with Crippen LogP contribution in [0.15, 0.2) is 46.9 Å². The quantitative estimate of drug-likeness (QED) is 0.499. The van der Waals surface area contributed by atoms with Gasteiger partial charge < -0.3 is 15.0 Å². The first-order valence-electron chi connectivity index (χ1n) is 10.8. The molecule has 0 bridgehead atoms. The van der Waals surface area contributed by atoms with E-state index in [1.807, 2.05) is 63.2 Å². The third-order valence-electron chi connectivity index (χ3n) is 5.18. The molecule has 0 aliphatic heterocycles. The van der Waals surface area contributed by atoms with Gasteiger partial charge in [-0.2, -0.15) is 0 Å². The Morgan fingerprint density at radius 3 is 2.32 bits per heavy atom. The number of amides is 2. The van der Waals surface area contributed by atoms with Crippen molar-refractivity contribution in [1.82, 2.24) is 10.2 Å². The number of ether oxygens (including phenoxy) is 1. The molecule has 168 valence electrons. The Labute approximate surface area is 194 Å². The highest BCUT2D eigenvalue weighted by atomic mass is 79.9. The van der Waals surface area contributed by atoms with Crippen molar-refractivity contribution in [3.05, 3.63) is 63.6 Å². The molecular formula is C25H33BrN2O3. The Morgan fingerprint density at radius 1 is 1.10 bits per heavy atom. The van der Waals surface area contributed by atoms with Crippen molar-refractivity contribution >= 4 is 27.7 Å². The van der Waals surface area contributed by atoms with E-state index in [1.54, 1.807) is 4.90 Å². The fourth-order valence-electron chi connectivity index (χ4n) is 3.32. The molecule has 0 aliphatic rings. The van der Waals surface area contributed by atoms with Crippen LogP contribution in [0.2, 0.25) is 0 Å². The highest BCUT2D eigenvalue weighted by Crippen LogP contribution is 2.29. The molecule has 0 saturated heterocycles. The van der Waals surface area contributed by atoms with Crippen molar-refractivity contribution in [2.24, 2.45) is 0 Å². The second kappa shape index (κ2) is 11.9. The van der Waals surface area contributed by atoms with E-state index in [1.165, 1.54) is 5.56 Å². The van der Waals surface area contributed by atoms with Gasteiger partial charge in [-0.25, -0.2) is 0 Å². The number of carbonyl (C=O) groups is 2. The number of hydrogen-bond acceptors (Lipinski definition) is 3. The molecule has 0 fully saturated rings. The predicted octanol–water partition coefficient (Wildman–Crippen LogP) is 5.20. The molecule has 0 spiro atoms. The molecule has 0 unspecified atom stereocenters. The molecule has 0 aliphatic carbocycles. The van der Waals surface area contributed by atoms with Crippen LogP contribution in [0, 0.1) is 6.92 Å². The zero-order valence-electron chi connectivity index (χ0n) is 19.1.